The van der Waals surface area contributed by atoms with Crippen LogP contribution < -0.4 is 16.2 Å². The van der Waals surface area contributed by atoms with E-state index in [0.29, 0.717) is 18.8 Å². The van der Waals surface area contributed by atoms with E-state index in [-0.39, 0.29) is 17.5 Å². The van der Waals surface area contributed by atoms with E-state index in [1.165, 1.54) is 0 Å². The van der Waals surface area contributed by atoms with Crippen molar-refractivity contribution in [2.75, 3.05) is 30.8 Å². The van der Waals surface area contributed by atoms with E-state index in [0.717, 1.165) is 23.4 Å². The highest BCUT2D eigenvalue weighted by molar-refractivity contribution is 5.87. The first-order chi connectivity index (χ1) is 12.6. The van der Waals surface area contributed by atoms with Gasteiger partial charge in [-0.1, -0.05) is 6.08 Å². The lowest BCUT2D eigenvalue weighted by molar-refractivity contribution is -0.125. The number of hydrogen-bond donors (Lipinski definition) is 3. The zero-order valence-corrected chi connectivity index (χ0v) is 15.0. The predicted octanol–water partition coefficient (Wildman–Crippen LogP) is 2.07. The average molecular weight is 353 g/mol. The maximum absolute atomic E-state index is 12.2. The van der Waals surface area contributed by atoms with Gasteiger partial charge in [0.1, 0.15) is 11.5 Å². The molecule has 1 atom stereocenters. The number of nitrogens with zero attached hydrogens (tertiary/aromatic N) is 2. The molecule has 0 bridgehead atoms. The first-order valence-corrected chi connectivity index (χ1v) is 8.65. The Morgan fingerprint density at radius 3 is 3.00 bits per heavy atom. The quantitative estimate of drug-likeness (QED) is 0.716. The van der Waals surface area contributed by atoms with Gasteiger partial charge in [-0.15, -0.1) is 0 Å². The maximum atomic E-state index is 12.2. The monoisotopic (exact) mass is 353 g/mol. The summed E-state index contributed by atoms with van der Waals surface area (Å²) >= 11 is 0. The topological polar surface area (TPSA) is 90.1 Å². The second kappa shape index (κ2) is 7.86. The molecule has 2 aromatic rings. The van der Waals surface area contributed by atoms with Crippen molar-refractivity contribution in [1.82, 2.24) is 14.9 Å². The van der Waals surface area contributed by atoms with Crippen molar-refractivity contribution >= 4 is 17.4 Å². The molecular weight excluding hydrogens is 330 g/mol. The molecular formula is C19H23N5O2. The Morgan fingerprint density at radius 2 is 2.23 bits per heavy atom. The van der Waals surface area contributed by atoms with Gasteiger partial charge in [-0.3, -0.25) is 9.59 Å². The molecule has 7 nitrogen and oxygen atoms in total. The third-order valence-corrected chi connectivity index (χ3v) is 4.42. The molecule has 1 fully saturated rings. The van der Waals surface area contributed by atoms with Gasteiger partial charge in [0.25, 0.3) is 5.56 Å². The van der Waals surface area contributed by atoms with E-state index in [1.54, 1.807) is 29.4 Å². The van der Waals surface area contributed by atoms with Gasteiger partial charge < -0.3 is 20.5 Å². The molecule has 0 spiro atoms. The van der Waals surface area contributed by atoms with Crippen LogP contribution in [0.2, 0.25) is 0 Å². The Hall–Kier alpha value is -3.09. The number of rotatable bonds is 5. The van der Waals surface area contributed by atoms with Crippen molar-refractivity contribution in [3.63, 3.8) is 0 Å². The number of amides is 1. The van der Waals surface area contributed by atoms with Gasteiger partial charge in [-0.05, 0) is 43.2 Å². The van der Waals surface area contributed by atoms with Gasteiger partial charge in [0.05, 0.1) is 0 Å². The first-order valence-electron chi connectivity index (χ1n) is 8.65. The van der Waals surface area contributed by atoms with Gasteiger partial charge >= 0.3 is 0 Å². The Bertz CT molecular complexity index is 874. The summed E-state index contributed by atoms with van der Waals surface area (Å²) in [7, 11) is 1.81. The summed E-state index contributed by atoms with van der Waals surface area (Å²) in [5.41, 5.74) is 2.19. The number of allylic oxidation sites excluding steroid dienone is 1. The van der Waals surface area contributed by atoms with Gasteiger partial charge in [0, 0.05) is 44.1 Å². The number of likely N-dealkylation sites (tertiary alicyclic amines) is 1. The normalized spacial score (nSPS) is 16.8. The van der Waals surface area contributed by atoms with Crippen LogP contribution in [0.3, 0.4) is 0 Å². The minimum atomic E-state index is -0.171. The molecule has 1 aliphatic rings. The molecule has 0 aliphatic carbocycles. The second-order valence-corrected chi connectivity index (χ2v) is 6.23. The number of hydrogen-bond acceptors (Lipinski definition) is 5. The number of aromatic amines is 1. The third-order valence-electron chi connectivity index (χ3n) is 4.42. The summed E-state index contributed by atoms with van der Waals surface area (Å²) in [5.74, 6) is 0.771. The first kappa shape index (κ1) is 17.7. The molecule has 1 aliphatic heterocycles. The number of pyridine rings is 2. The zero-order valence-electron chi connectivity index (χ0n) is 15.0. The molecule has 2 aromatic heterocycles. The van der Waals surface area contributed by atoms with E-state index >= 15 is 0 Å². The fraction of sp³-hybridized carbons (Fsp3) is 0.316. The van der Waals surface area contributed by atoms with Crippen molar-refractivity contribution in [1.29, 1.82) is 0 Å². The molecule has 3 heterocycles. The fourth-order valence-electron chi connectivity index (χ4n) is 3.05. The lowest BCUT2D eigenvalue weighted by atomic mass is 10.1. The summed E-state index contributed by atoms with van der Waals surface area (Å²) in [4.78, 5) is 32.9. The Labute approximate surface area is 152 Å². The highest BCUT2D eigenvalue weighted by Gasteiger charge is 2.25. The zero-order chi connectivity index (χ0) is 18.5. The molecule has 1 amide bonds. The van der Waals surface area contributed by atoms with E-state index < -0.39 is 0 Å². The van der Waals surface area contributed by atoms with Crippen molar-refractivity contribution in [2.24, 2.45) is 0 Å². The van der Waals surface area contributed by atoms with E-state index in [4.69, 9.17) is 0 Å². The average Bonchev–Trinajstić information content (AvgIpc) is 3.12. The Kier molecular flexibility index (Phi) is 5.36. The summed E-state index contributed by atoms with van der Waals surface area (Å²) in [5, 5.41) is 6.29. The minimum Gasteiger partial charge on any atom is -0.376 e. The number of carbonyl (C=O) groups excluding carboxylic acids is 1. The van der Waals surface area contributed by atoms with Gasteiger partial charge in [-0.2, -0.15) is 0 Å². The summed E-state index contributed by atoms with van der Waals surface area (Å²) < 4.78 is 0. The molecule has 136 valence electrons. The smallest absolute Gasteiger partial charge is 0.271 e. The number of carbonyl (C=O) groups is 1. The van der Waals surface area contributed by atoms with Gasteiger partial charge in [-0.25, -0.2) is 4.98 Å². The van der Waals surface area contributed by atoms with Crippen LogP contribution in [0.1, 0.15) is 13.3 Å². The molecule has 3 rings (SSSR count). The van der Waals surface area contributed by atoms with Gasteiger partial charge in [0.15, 0.2) is 0 Å². The van der Waals surface area contributed by atoms with Crippen LogP contribution >= 0.6 is 0 Å². The van der Waals surface area contributed by atoms with Crippen LogP contribution in [-0.2, 0) is 4.79 Å². The SMILES string of the molecule is C/C=C/C(=O)N1CCC(Nc2cc(-c3ccnc(NC)c3)c[nH]c2=O)C1. The third kappa shape index (κ3) is 3.93. The highest BCUT2D eigenvalue weighted by Crippen LogP contribution is 2.22. The van der Waals surface area contributed by atoms with Crippen LogP contribution in [-0.4, -0.2) is 47.0 Å². The molecule has 0 saturated carbocycles. The highest BCUT2D eigenvalue weighted by atomic mass is 16.2. The minimum absolute atomic E-state index is 0.0100. The molecule has 0 radical (unpaired) electrons. The lowest BCUT2D eigenvalue weighted by Gasteiger charge is -2.16. The van der Waals surface area contributed by atoms with Crippen molar-refractivity contribution in [3.05, 3.63) is 53.1 Å². The van der Waals surface area contributed by atoms with E-state index in [2.05, 4.69) is 20.6 Å². The Morgan fingerprint density at radius 1 is 1.38 bits per heavy atom. The van der Waals surface area contributed by atoms with Crippen LogP contribution in [0.15, 0.2) is 47.5 Å². The number of aromatic nitrogens is 2. The van der Waals surface area contributed by atoms with Crippen LogP contribution in [0.5, 0.6) is 0 Å². The standard InChI is InChI=1S/C19H23N5O2/c1-3-4-18(25)24-8-6-15(12-24)23-16-9-14(11-22-19(16)26)13-5-7-21-17(10-13)20-2/h3-5,7,9-11,15,23H,6,8,12H2,1-2H3,(H,20,21)(H,22,26)/b4-3+. The molecule has 1 saturated heterocycles. The van der Waals surface area contributed by atoms with Crippen molar-refractivity contribution < 1.29 is 4.79 Å². The van der Waals surface area contributed by atoms with E-state index in [1.807, 2.05) is 32.2 Å². The largest absolute Gasteiger partial charge is 0.376 e. The molecule has 7 heteroatoms. The van der Waals surface area contributed by atoms with Crippen LogP contribution in [0, 0.1) is 0 Å². The molecule has 3 N–H and O–H groups in total. The molecule has 0 aromatic carbocycles. The predicted molar refractivity (Wildman–Crippen MR) is 103 cm³/mol. The summed E-state index contributed by atoms with van der Waals surface area (Å²) in [6.07, 6.45) is 7.54. The van der Waals surface area contributed by atoms with Gasteiger partial charge in [0.2, 0.25) is 5.91 Å². The van der Waals surface area contributed by atoms with Crippen LogP contribution in [0.4, 0.5) is 11.5 Å². The number of H-pyrrole nitrogens is 1. The molecule has 1 unspecified atom stereocenters. The number of nitrogens with one attached hydrogen (secondary N) is 3. The van der Waals surface area contributed by atoms with Crippen molar-refractivity contribution in [3.8, 4) is 11.1 Å². The molecule has 26 heavy (non-hydrogen) atoms. The lowest BCUT2D eigenvalue weighted by Crippen LogP contribution is -2.31. The number of anilines is 2. The fourth-order valence-corrected chi connectivity index (χ4v) is 3.05. The maximum Gasteiger partial charge on any atom is 0.271 e. The van der Waals surface area contributed by atoms with Crippen LogP contribution in [0.25, 0.3) is 11.1 Å². The Balaban J connectivity index is 1.77. The van der Waals surface area contributed by atoms with Crippen molar-refractivity contribution in [2.45, 2.75) is 19.4 Å². The van der Waals surface area contributed by atoms with E-state index in [9.17, 15) is 9.59 Å². The summed E-state index contributed by atoms with van der Waals surface area (Å²) in [6, 6.07) is 5.71. The second-order valence-electron chi connectivity index (χ2n) is 6.23. The summed E-state index contributed by atoms with van der Waals surface area (Å²) in [6.45, 7) is 3.10.